The van der Waals surface area contributed by atoms with Gasteiger partial charge in [0.15, 0.2) is 0 Å². The highest BCUT2D eigenvalue weighted by Crippen LogP contribution is 2.19. The first kappa shape index (κ1) is 14.6. The van der Waals surface area contributed by atoms with E-state index in [1.807, 2.05) is 31.2 Å². The molecule has 0 unspecified atom stereocenters. The molecule has 0 radical (unpaired) electrons. The molecule has 108 valence electrons. The van der Waals surface area contributed by atoms with Crippen LogP contribution in [0, 0.1) is 0 Å². The van der Waals surface area contributed by atoms with Gasteiger partial charge in [0, 0.05) is 24.7 Å². The Morgan fingerprint density at radius 1 is 1.40 bits per heavy atom. The van der Waals surface area contributed by atoms with Gasteiger partial charge in [-0.05, 0) is 31.9 Å². The fraction of sp³-hybridized carbons (Fsp3) is 0.438. The smallest absolute Gasteiger partial charge is 0.246 e. The van der Waals surface area contributed by atoms with Crippen LogP contribution in [0.25, 0.3) is 6.08 Å². The monoisotopic (exact) mass is 275 g/mol. The lowest BCUT2D eigenvalue weighted by atomic mass is 10.1. The maximum atomic E-state index is 12.1. The summed E-state index contributed by atoms with van der Waals surface area (Å²) in [7, 11) is 0. The highest BCUT2D eigenvalue weighted by Gasteiger charge is 2.19. The van der Waals surface area contributed by atoms with E-state index in [1.54, 1.807) is 17.1 Å². The van der Waals surface area contributed by atoms with Gasteiger partial charge in [0.2, 0.25) is 5.91 Å². The van der Waals surface area contributed by atoms with Crippen molar-refractivity contribution in [1.29, 1.82) is 0 Å². The number of rotatable bonds is 4. The molecule has 0 aromatic heterocycles. The van der Waals surface area contributed by atoms with Crippen LogP contribution in [0.4, 0.5) is 0 Å². The van der Waals surface area contributed by atoms with E-state index in [4.69, 9.17) is 4.74 Å². The van der Waals surface area contributed by atoms with Crippen LogP contribution in [0.15, 0.2) is 30.3 Å². The molecule has 1 amide bonds. The first-order chi connectivity index (χ1) is 9.70. The number of nitrogens with zero attached hydrogens (tertiary/aromatic N) is 1. The van der Waals surface area contributed by atoms with Gasteiger partial charge in [-0.25, -0.2) is 0 Å². The van der Waals surface area contributed by atoms with Gasteiger partial charge in [0.25, 0.3) is 0 Å². The first-order valence-electron chi connectivity index (χ1n) is 7.07. The van der Waals surface area contributed by atoms with Crippen molar-refractivity contribution < 1.29 is 14.6 Å². The molecule has 0 atom stereocenters. The van der Waals surface area contributed by atoms with Gasteiger partial charge >= 0.3 is 0 Å². The number of benzene rings is 1. The molecule has 0 bridgehead atoms. The Morgan fingerprint density at radius 3 is 2.80 bits per heavy atom. The summed E-state index contributed by atoms with van der Waals surface area (Å²) in [4.78, 5) is 13.8. The minimum absolute atomic E-state index is 0.0109. The zero-order valence-corrected chi connectivity index (χ0v) is 11.8. The predicted octanol–water partition coefficient (Wildman–Crippen LogP) is 2.08. The van der Waals surface area contributed by atoms with E-state index in [9.17, 15) is 9.90 Å². The lowest BCUT2D eigenvalue weighted by Crippen LogP contribution is -2.39. The number of aliphatic hydroxyl groups excluding tert-OH is 1. The molecule has 1 saturated heterocycles. The number of ether oxygens (including phenoxy) is 1. The van der Waals surface area contributed by atoms with E-state index in [0.717, 1.165) is 11.3 Å². The zero-order valence-electron chi connectivity index (χ0n) is 11.8. The molecule has 4 nitrogen and oxygen atoms in total. The van der Waals surface area contributed by atoms with Gasteiger partial charge < -0.3 is 14.7 Å². The highest BCUT2D eigenvalue weighted by atomic mass is 16.5. The molecule has 4 heteroatoms. The summed E-state index contributed by atoms with van der Waals surface area (Å²) in [6.07, 6.45) is 4.43. The van der Waals surface area contributed by atoms with Crippen molar-refractivity contribution in [3.63, 3.8) is 0 Å². The predicted molar refractivity (Wildman–Crippen MR) is 78.5 cm³/mol. The van der Waals surface area contributed by atoms with Gasteiger partial charge in [0.05, 0.1) is 12.7 Å². The van der Waals surface area contributed by atoms with Gasteiger partial charge in [-0.3, -0.25) is 4.79 Å². The van der Waals surface area contributed by atoms with E-state index < -0.39 is 0 Å². The third-order valence-corrected chi connectivity index (χ3v) is 3.40. The molecular weight excluding hydrogens is 254 g/mol. The molecule has 0 aliphatic carbocycles. The molecule has 1 aliphatic heterocycles. The average molecular weight is 275 g/mol. The lowest BCUT2D eigenvalue weighted by molar-refractivity contribution is -0.127. The molecule has 0 spiro atoms. The zero-order chi connectivity index (χ0) is 14.4. The number of amides is 1. The fourth-order valence-corrected chi connectivity index (χ4v) is 2.26. The van der Waals surface area contributed by atoms with Crippen LogP contribution in [-0.2, 0) is 4.79 Å². The van der Waals surface area contributed by atoms with Crippen LogP contribution >= 0.6 is 0 Å². The fourth-order valence-electron chi connectivity index (χ4n) is 2.26. The summed E-state index contributed by atoms with van der Waals surface area (Å²) in [6, 6.07) is 7.65. The Hall–Kier alpha value is -1.81. The number of carbonyl (C=O) groups excluding carboxylic acids is 1. The second-order valence-corrected chi connectivity index (χ2v) is 4.86. The third-order valence-electron chi connectivity index (χ3n) is 3.40. The van der Waals surface area contributed by atoms with Crippen LogP contribution in [-0.4, -0.2) is 41.7 Å². The molecular formula is C16H21NO3. The van der Waals surface area contributed by atoms with Crippen molar-refractivity contribution in [2.75, 3.05) is 19.7 Å². The normalized spacial score (nSPS) is 16.6. The Labute approximate surface area is 119 Å². The number of piperidine rings is 1. The van der Waals surface area contributed by atoms with E-state index in [0.29, 0.717) is 32.5 Å². The number of hydrogen-bond donors (Lipinski definition) is 1. The maximum absolute atomic E-state index is 12.1. The molecule has 20 heavy (non-hydrogen) atoms. The molecule has 1 aliphatic rings. The van der Waals surface area contributed by atoms with Crippen molar-refractivity contribution in [2.24, 2.45) is 0 Å². The lowest BCUT2D eigenvalue weighted by Gasteiger charge is -2.28. The van der Waals surface area contributed by atoms with Crippen molar-refractivity contribution in [3.8, 4) is 5.75 Å². The van der Waals surface area contributed by atoms with Crippen molar-refractivity contribution in [2.45, 2.75) is 25.9 Å². The summed E-state index contributed by atoms with van der Waals surface area (Å²) >= 11 is 0. The number of hydrogen-bond acceptors (Lipinski definition) is 3. The molecule has 1 fully saturated rings. The van der Waals surface area contributed by atoms with Crippen molar-refractivity contribution in [3.05, 3.63) is 35.9 Å². The van der Waals surface area contributed by atoms with Crippen LogP contribution in [0.5, 0.6) is 5.75 Å². The van der Waals surface area contributed by atoms with Gasteiger partial charge in [0.1, 0.15) is 5.75 Å². The highest BCUT2D eigenvalue weighted by molar-refractivity contribution is 5.92. The molecule has 1 aromatic rings. The van der Waals surface area contributed by atoms with E-state index in [-0.39, 0.29) is 12.0 Å². The molecule has 1 aromatic carbocycles. The first-order valence-corrected chi connectivity index (χ1v) is 7.07. The Morgan fingerprint density at radius 2 is 2.10 bits per heavy atom. The second kappa shape index (κ2) is 7.10. The van der Waals surface area contributed by atoms with E-state index in [1.165, 1.54) is 0 Å². The summed E-state index contributed by atoms with van der Waals surface area (Å²) < 4.78 is 5.52. The number of likely N-dealkylation sites (tertiary alicyclic amines) is 1. The average Bonchev–Trinajstić information content (AvgIpc) is 2.47. The molecule has 1 heterocycles. The molecule has 0 saturated carbocycles. The van der Waals surface area contributed by atoms with Crippen LogP contribution < -0.4 is 4.74 Å². The van der Waals surface area contributed by atoms with Crippen molar-refractivity contribution >= 4 is 12.0 Å². The SMILES string of the molecule is CCOc1ccccc1/C=C/C(=O)N1CCC(O)CC1. The van der Waals surface area contributed by atoms with Gasteiger partial charge in [-0.2, -0.15) is 0 Å². The summed E-state index contributed by atoms with van der Waals surface area (Å²) in [5.41, 5.74) is 0.903. The van der Waals surface area contributed by atoms with Crippen molar-refractivity contribution in [1.82, 2.24) is 4.90 Å². The summed E-state index contributed by atoms with van der Waals surface area (Å²) in [5.74, 6) is 0.774. The topological polar surface area (TPSA) is 49.8 Å². The van der Waals surface area contributed by atoms with E-state index >= 15 is 0 Å². The minimum Gasteiger partial charge on any atom is -0.493 e. The summed E-state index contributed by atoms with van der Waals surface area (Å²) in [5, 5.41) is 9.44. The standard InChI is InChI=1S/C16H21NO3/c1-2-20-15-6-4-3-5-13(15)7-8-16(19)17-11-9-14(18)10-12-17/h3-8,14,18H,2,9-12H2,1H3/b8-7+. The third kappa shape index (κ3) is 3.84. The molecule has 2 rings (SSSR count). The quantitative estimate of drug-likeness (QED) is 0.856. The van der Waals surface area contributed by atoms with Gasteiger partial charge in [-0.15, -0.1) is 0 Å². The van der Waals surface area contributed by atoms with Gasteiger partial charge in [-0.1, -0.05) is 18.2 Å². The number of para-hydroxylation sites is 1. The second-order valence-electron chi connectivity index (χ2n) is 4.86. The minimum atomic E-state index is -0.262. The molecule has 1 N–H and O–H groups in total. The van der Waals surface area contributed by atoms with Crippen LogP contribution in [0.1, 0.15) is 25.3 Å². The Bertz CT molecular complexity index is 476. The maximum Gasteiger partial charge on any atom is 0.246 e. The number of carbonyl (C=O) groups is 1. The Kier molecular flexibility index (Phi) is 5.18. The summed E-state index contributed by atoms with van der Waals surface area (Å²) in [6.45, 7) is 3.78. The van der Waals surface area contributed by atoms with E-state index in [2.05, 4.69) is 0 Å². The number of aliphatic hydroxyl groups is 1. The largest absolute Gasteiger partial charge is 0.493 e. The van der Waals surface area contributed by atoms with Crippen LogP contribution in [0.2, 0.25) is 0 Å². The Balaban J connectivity index is 2.00. The van der Waals surface area contributed by atoms with Crippen LogP contribution in [0.3, 0.4) is 0 Å².